The van der Waals surface area contributed by atoms with Crippen LogP contribution in [0.3, 0.4) is 0 Å². The lowest BCUT2D eigenvalue weighted by atomic mass is 9.91. The van der Waals surface area contributed by atoms with Crippen LogP contribution in [0.25, 0.3) is 0 Å². The lowest BCUT2D eigenvalue weighted by molar-refractivity contribution is -0.266. The largest absolute Gasteiger partial charge is 0.374 e. The molecule has 5 rings (SSSR count). The minimum absolute atomic E-state index is 0.187. The van der Waals surface area contributed by atoms with Crippen molar-refractivity contribution in [3.63, 3.8) is 0 Å². The first-order chi connectivity index (χ1) is 21.7. The molecule has 228 valence electrons. The molecule has 1 saturated heterocycles. The van der Waals surface area contributed by atoms with Crippen LogP contribution in [0.15, 0.2) is 133 Å². The van der Waals surface area contributed by atoms with Crippen molar-refractivity contribution in [3.05, 3.63) is 156 Å². The van der Waals surface area contributed by atoms with Crippen LogP contribution in [0.5, 0.6) is 0 Å². The Morgan fingerprint density at radius 1 is 0.591 bits per heavy atom. The van der Waals surface area contributed by atoms with Gasteiger partial charge in [0.15, 0.2) is 5.78 Å². The van der Waals surface area contributed by atoms with Gasteiger partial charge in [-0.1, -0.05) is 127 Å². The van der Waals surface area contributed by atoms with E-state index in [4.69, 9.17) is 23.7 Å². The normalized spacial score (nSPS) is 21.8. The molecule has 6 heteroatoms. The van der Waals surface area contributed by atoms with E-state index in [1.807, 2.05) is 128 Å². The number of carbonyl (C=O) groups excluding carboxylic acids is 1. The number of ether oxygens (including phenoxy) is 5. The summed E-state index contributed by atoms with van der Waals surface area (Å²) < 4.78 is 32.6. The molecule has 0 spiro atoms. The summed E-state index contributed by atoms with van der Waals surface area (Å²) in [5.74, 6) is -0.187. The van der Waals surface area contributed by atoms with Gasteiger partial charge in [0.05, 0.1) is 33.0 Å². The Hall–Kier alpha value is -3.91. The van der Waals surface area contributed by atoms with Crippen LogP contribution in [0.4, 0.5) is 0 Å². The first kappa shape index (κ1) is 31.5. The lowest BCUT2D eigenvalue weighted by Gasteiger charge is -2.45. The smallest absolute Gasteiger partial charge is 0.186 e. The molecule has 1 aliphatic rings. The number of rotatable bonds is 15. The molecule has 4 aromatic rings. The molecular formula is C38H40O6. The van der Waals surface area contributed by atoms with Crippen molar-refractivity contribution in [2.75, 3.05) is 6.61 Å². The monoisotopic (exact) mass is 592 g/mol. The lowest BCUT2D eigenvalue weighted by Crippen LogP contribution is -2.62. The summed E-state index contributed by atoms with van der Waals surface area (Å²) in [6.07, 6.45) is -0.167. The zero-order valence-corrected chi connectivity index (χ0v) is 25.1. The van der Waals surface area contributed by atoms with Crippen molar-refractivity contribution >= 4 is 5.78 Å². The fraction of sp³-hybridized carbons (Fsp3) is 0.289. The van der Waals surface area contributed by atoms with Crippen LogP contribution in [-0.4, -0.2) is 42.9 Å². The molecule has 1 aliphatic heterocycles. The highest BCUT2D eigenvalue weighted by atomic mass is 16.6. The second kappa shape index (κ2) is 16.8. The standard InChI is InChI=1S/C38H40O6/c1-2-15-33(39)35-37(42-26-31-20-11-5-12-21-31)38(43-27-32-22-13-6-14-23-32)36(41-25-30-18-9-4-10-19-30)34(44-35)28-40-24-29-16-7-3-8-17-29/h2-23,34-38H,24-28H2,1H3/b15-2+/t34?,35-,36+,37?,38?/m1/s1. The van der Waals surface area contributed by atoms with Crippen molar-refractivity contribution in [2.45, 2.75) is 63.9 Å². The molecule has 0 radical (unpaired) electrons. The van der Waals surface area contributed by atoms with Gasteiger partial charge < -0.3 is 23.7 Å². The average Bonchev–Trinajstić information content (AvgIpc) is 3.08. The van der Waals surface area contributed by atoms with E-state index < -0.39 is 30.5 Å². The van der Waals surface area contributed by atoms with Crippen molar-refractivity contribution in [2.24, 2.45) is 0 Å². The Bertz CT molecular complexity index is 1410. The van der Waals surface area contributed by atoms with Gasteiger partial charge in [0.1, 0.15) is 30.5 Å². The van der Waals surface area contributed by atoms with Gasteiger partial charge in [-0.15, -0.1) is 0 Å². The van der Waals surface area contributed by atoms with E-state index in [0.29, 0.717) is 26.4 Å². The highest BCUT2D eigenvalue weighted by molar-refractivity contribution is 5.94. The average molecular weight is 593 g/mol. The van der Waals surface area contributed by atoms with Crippen LogP contribution < -0.4 is 0 Å². The zero-order valence-electron chi connectivity index (χ0n) is 25.1. The third kappa shape index (κ3) is 9.05. The predicted octanol–water partition coefficient (Wildman–Crippen LogP) is 6.87. The van der Waals surface area contributed by atoms with E-state index >= 15 is 0 Å². The molecule has 3 unspecified atom stereocenters. The van der Waals surface area contributed by atoms with Crippen molar-refractivity contribution in [1.82, 2.24) is 0 Å². The first-order valence-electron chi connectivity index (χ1n) is 15.1. The molecule has 5 atom stereocenters. The SMILES string of the molecule is C/C=C/C(=O)[C@H]1OC(COCc2ccccc2)[C@H](OCc2ccccc2)C(OCc2ccccc2)C1OCc1ccccc1. The van der Waals surface area contributed by atoms with Crippen LogP contribution in [-0.2, 0) is 54.9 Å². The minimum atomic E-state index is -0.905. The molecule has 0 bridgehead atoms. The quantitative estimate of drug-likeness (QED) is 0.140. The summed E-state index contributed by atoms with van der Waals surface area (Å²) in [6, 6.07) is 39.8. The van der Waals surface area contributed by atoms with Crippen molar-refractivity contribution in [3.8, 4) is 0 Å². The number of hydrogen-bond acceptors (Lipinski definition) is 6. The molecule has 1 heterocycles. The summed E-state index contributed by atoms with van der Waals surface area (Å²) in [5, 5.41) is 0. The second-order valence-corrected chi connectivity index (χ2v) is 10.8. The Morgan fingerprint density at radius 3 is 1.45 bits per heavy atom. The van der Waals surface area contributed by atoms with Gasteiger partial charge in [-0.25, -0.2) is 0 Å². The molecule has 0 aliphatic carbocycles. The van der Waals surface area contributed by atoms with Gasteiger partial charge in [-0.05, 0) is 35.3 Å². The van der Waals surface area contributed by atoms with Crippen molar-refractivity contribution < 1.29 is 28.5 Å². The van der Waals surface area contributed by atoms with E-state index in [2.05, 4.69) is 0 Å². The predicted molar refractivity (Wildman–Crippen MR) is 170 cm³/mol. The van der Waals surface area contributed by atoms with Gasteiger partial charge in [0.2, 0.25) is 0 Å². The number of allylic oxidation sites excluding steroid dienone is 1. The molecule has 0 amide bonds. The maximum absolute atomic E-state index is 13.5. The Morgan fingerprint density at radius 2 is 1.00 bits per heavy atom. The van der Waals surface area contributed by atoms with Crippen LogP contribution in [0, 0.1) is 0 Å². The maximum atomic E-state index is 13.5. The summed E-state index contributed by atoms with van der Waals surface area (Å²) in [4.78, 5) is 13.5. The maximum Gasteiger partial charge on any atom is 0.186 e. The second-order valence-electron chi connectivity index (χ2n) is 10.8. The molecule has 1 fully saturated rings. The molecule has 0 N–H and O–H groups in total. The van der Waals surface area contributed by atoms with E-state index in [0.717, 1.165) is 22.3 Å². The molecular weight excluding hydrogens is 552 g/mol. The van der Waals surface area contributed by atoms with E-state index in [1.165, 1.54) is 6.08 Å². The highest BCUT2D eigenvalue weighted by Gasteiger charge is 2.50. The summed E-state index contributed by atoms with van der Waals surface area (Å²) in [7, 11) is 0. The molecule has 44 heavy (non-hydrogen) atoms. The third-order valence-corrected chi connectivity index (χ3v) is 7.49. The van der Waals surface area contributed by atoms with Crippen LogP contribution in [0.2, 0.25) is 0 Å². The summed E-state index contributed by atoms with van der Waals surface area (Å²) >= 11 is 0. The molecule has 6 nitrogen and oxygen atoms in total. The molecule has 0 aromatic heterocycles. The number of ketones is 1. The first-order valence-corrected chi connectivity index (χ1v) is 15.1. The fourth-order valence-electron chi connectivity index (χ4n) is 5.28. The Labute approximate surface area is 260 Å². The minimum Gasteiger partial charge on any atom is -0.374 e. The number of hydrogen-bond donors (Lipinski definition) is 0. The van der Waals surface area contributed by atoms with Crippen LogP contribution in [0.1, 0.15) is 29.2 Å². The number of carbonyl (C=O) groups is 1. The highest BCUT2D eigenvalue weighted by Crippen LogP contribution is 2.31. The van der Waals surface area contributed by atoms with Gasteiger partial charge in [0, 0.05) is 0 Å². The zero-order chi connectivity index (χ0) is 30.4. The van der Waals surface area contributed by atoms with Gasteiger partial charge >= 0.3 is 0 Å². The van der Waals surface area contributed by atoms with E-state index in [1.54, 1.807) is 6.08 Å². The Balaban J connectivity index is 1.45. The number of benzene rings is 4. The van der Waals surface area contributed by atoms with E-state index in [-0.39, 0.29) is 12.4 Å². The fourth-order valence-corrected chi connectivity index (χ4v) is 5.28. The summed E-state index contributed by atoms with van der Waals surface area (Å²) in [5.41, 5.74) is 4.07. The van der Waals surface area contributed by atoms with Gasteiger partial charge in [-0.2, -0.15) is 0 Å². The van der Waals surface area contributed by atoms with Crippen molar-refractivity contribution in [1.29, 1.82) is 0 Å². The molecule has 4 aromatic carbocycles. The van der Waals surface area contributed by atoms with E-state index in [9.17, 15) is 4.79 Å². The molecule has 0 saturated carbocycles. The Kier molecular flexibility index (Phi) is 12.0. The third-order valence-electron chi connectivity index (χ3n) is 7.49. The van der Waals surface area contributed by atoms with Gasteiger partial charge in [-0.3, -0.25) is 4.79 Å². The van der Waals surface area contributed by atoms with Gasteiger partial charge in [0.25, 0.3) is 0 Å². The topological polar surface area (TPSA) is 63.2 Å². The summed E-state index contributed by atoms with van der Waals surface area (Å²) in [6.45, 7) is 3.39. The van der Waals surface area contributed by atoms with Crippen LogP contribution >= 0.6 is 0 Å².